The van der Waals surface area contributed by atoms with Crippen LogP contribution in [0, 0.1) is 0 Å². The second-order valence-electron chi connectivity index (χ2n) is 7.54. The molecule has 2 heterocycles. The fraction of sp³-hybridized carbons (Fsp3) is 0.0741. The van der Waals surface area contributed by atoms with E-state index in [1.165, 1.54) is 6.33 Å². The van der Waals surface area contributed by atoms with E-state index >= 15 is 0 Å². The first-order valence-electron chi connectivity index (χ1n) is 10.5. The number of rotatable bonds is 6. The lowest BCUT2D eigenvalue weighted by atomic mass is 9.99. The number of hydrogen-bond donors (Lipinski definition) is 1. The average molecular weight is 434 g/mol. The molecule has 0 aliphatic carbocycles. The van der Waals surface area contributed by atoms with Gasteiger partial charge in [-0.3, -0.25) is 0 Å². The van der Waals surface area contributed by atoms with Crippen molar-refractivity contribution in [1.29, 1.82) is 0 Å². The molecule has 2 aromatic heterocycles. The molecular weight excluding hydrogens is 412 g/mol. The average Bonchev–Trinajstić information content (AvgIpc) is 2.88. The summed E-state index contributed by atoms with van der Waals surface area (Å²) in [5, 5.41) is 0.729. The fourth-order valence-electron chi connectivity index (χ4n) is 3.70. The fourth-order valence-corrected chi connectivity index (χ4v) is 3.70. The number of hydrogen-bond acceptors (Lipinski definition) is 6. The molecule has 0 saturated heterocycles. The van der Waals surface area contributed by atoms with Gasteiger partial charge in [0, 0.05) is 5.56 Å². The molecule has 0 aliphatic heterocycles. The van der Waals surface area contributed by atoms with Gasteiger partial charge >= 0.3 is 0 Å². The van der Waals surface area contributed by atoms with Crippen LogP contribution in [0.4, 0.5) is 5.82 Å². The molecule has 5 aromatic rings. The molecule has 0 spiro atoms. The van der Waals surface area contributed by atoms with Crippen molar-refractivity contribution in [2.45, 2.75) is 6.61 Å². The number of nitrogen functional groups attached to an aromatic ring is 1. The third-order valence-electron chi connectivity index (χ3n) is 5.43. The highest BCUT2D eigenvalue weighted by Crippen LogP contribution is 2.34. The highest BCUT2D eigenvalue weighted by atomic mass is 16.5. The Labute approximate surface area is 191 Å². The van der Waals surface area contributed by atoms with E-state index in [4.69, 9.17) is 20.2 Å². The summed E-state index contributed by atoms with van der Waals surface area (Å²) >= 11 is 0. The molecule has 6 heteroatoms. The third kappa shape index (κ3) is 4.32. The van der Waals surface area contributed by atoms with E-state index < -0.39 is 0 Å². The van der Waals surface area contributed by atoms with Crippen molar-refractivity contribution in [2.75, 3.05) is 12.8 Å². The summed E-state index contributed by atoms with van der Waals surface area (Å²) < 4.78 is 11.2. The zero-order chi connectivity index (χ0) is 22.6. The van der Waals surface area contributed by atoms with E-state index in [2.05, 4.69) is 9.97 Å². The van der Waals surface area contributed by atoms with E-state index in [0.717, 1.165) is 44.8 Å². The SMILES string of the molecule is COc1ccc(-c2cc(-c3ccc(OCc4ccccc4)cc3)c3c(N)ncnc3n2)cc1. The summed E-state index contributed by atoms with van der Waals surface area (Å²) in [4.78, 5) is 13.3. The predicted molar refractivity (Wildman–Crippen MR) is 130 cm³/mol. The standard InChI is InChI=1S/C27H22N4O2/c1-32-21-11-9-20(10-12-21)24-15-23(25-26(28)29-17-30-27(25)31-24)19-7-13-22(14-8-19)33-16-18-5-3-2-4-6-18/h2-15,17H,16H2,1H3,(H2,28,29,30,31). The normalized spacial score (nSPS) is 10.8. The highest BCUT2D eigenvalue weighted by molar-refractivity contribution is 6.00. The van der Waals surface area contributed by atoms with Crippen molar-refractivity contribution in [3.8, 4) is 33.9 Å². The Morgan fingerprint density at radius 3 is 2.21 bits per heavy atom. The lowest BCUT2D eigenvalue weighted by molar-refractivity contribution is 0.306. The van der Waals surface area contributed by atoms with Crippen LogP contribution in [0.1, 0.15) is 5.56 Å². The van der Waals surface area contributed by atoms with Gasteiger partial charge in [0.15, 0.2) is 5.65 Å². The molecule has 6 nitrogen and oxygen atoms in total. The molecule has 0 bridgehead atoms. The van der Waals surface area contributed by atoms with E-state index in [9.17, 15) is 0 Å². The number of pyridine rings is 1. The molecule has 2 N–H and O–H groups in total. The molecule has 0 unspecified atom stereocenters. The summed E-state index contributed by atoms with van der Waals surface area (Å²) in [5.41, 5.74) is 11.5. The van der Waals surface area contributed by atoms with E-state index in [1.807, 2.05) is 84.9 Å². The van der Waals surface area contributed by atoms with Crippen LogP contribution in [-0.2, 0) is 6.61 Å². The van der Waals surface area contributed by atoms with Crippen molar-refractivity contribution in [2.24, 2.45) is 0 Å². The Hall–Kier alpha value is -4.45. The van der Waals surface area contributed by atoms with Gasteiger partial charge in [-0.25, -0.2) is 15.0 Å². The maximum atomic E-state index is 6.23. The minimum Gasteiger partial charge on any atom is -0.497 e. The third-order valence-corrected chi connectivity index (χ3v) is 5.43. The number of nitrogens with zero attached hydrogens (tertiary/aromatic N) is 3. The molecule has 0 saturated carbocycles. The summed E-state index contributed by atoms with van der Waals surface area (Å²) in [5.74, 6) is 1.98. The first-order chi connectivity index (χ1) is 16.2. The molecule has 162 valence electrons. The Bertz CT molecular complexity index is 1390. The Morgan fingerprint density at radius 1 is 0.788 bits per heavy atom. The number of anilines is 1. The van der Waals surface area contributed by atoms with Crippen molar-refractivity contribution < 1.29 is 9.47 Å². The van der Waals surface area contributed by atoms with Gasteiger partial charge in [-0.2, -0.15) is 0 Å². The minimum absolute atomic E-state index is 0.396. The van der Waals surface area contributed by atoms with Crippen LogP contribution in [0.5, 0.6) is 11.5 Å². The van der Waals surface area contributed by atoms with Crippen LogP contribution < -0.4 is 15.2 Å². The van der Waals surface area contributed by atoms with Crippen LogP contribution in [0.3, 0.4) is 0 Å². The Morgan fingerprint density at radius 2 is 1.48 bits per heavy atom. The first-order valence-corrected chi connectivity index (χ1v) is 10.5. The van der Waals surface area contributed by atoms with Gasteiger partial charge in [0.05, 0.1) is 18.2 Å². The molecule has 3 aromatic carbocycles. The van der Waals surface area contributed by atoms with Crippen molar-refractivity contribution in [3.05, 3.63) is 96.8 Å². The van der Waals surface area contributed by atoms with Crippen LogP contribution >= 0.6 is 0 Å². The first kappa shape index (κ1) is 20.5. The number of ether oxygens (including phenoxy) is 2. The molecule has 0 atom stereocenters. The quantitative estimate of drug-likeness (QED) is 0.378. The van der Waals surface area contributed by atoms with Crippen LogP contribution in [0.25, 0.3) is 33.4 Å². The monoisotopic (exact) mass is 434 g/mol. The molecular formula is C27H22N4O2. The second-order valence-corrected chi connectivity index (χ2v) is 7.54. The van der Waals surface area contributed by atoms with Gasteiger partial charge in [0.25, 0.3) is 0 Å². The molecule has 0 radical (unpaired) electrons. The van der Waals surface area contributed by atoms with Crippen molar-refractivity contribution in [3.63, 3.8) is 0 Å². The predicted octanol–water partition coefficient (Wildman–Crippen LogP) is 5.53. The van der Waals surface area contributed by atoms with Crippen molar-refractivity contribution >= 4 is 16.9 Å². The van der Waals surface area contributed by atoms with E-state index in [1.54, 1.807) is 7.11 Å². The largest absolute Gasteiger partial charge is 0.497 e. The minimum atomic E-state index is 0.396. The zero-order valence-electron chi connectivity index (χ0n) is 18.1. The van der Waals surface area contributed by atoms with Crippen LogP contribution in [0.2, 0.25) is 0 Å². The van der Waals surface area contributed by atoms with Crippen LogP contribution in [-0.4, -0.2) is 22.1 Å². The highest BCUT2D eigenvalue weighted by Gasteiger charge is 2.14. The van der Waals surface area contributed by atoms with Gasteiger partial charge in [0.1, 0.15) is 30.3 Å². The Balaban J connectivity index is 1.52. The Kier molecular flexibility index (Phi) is 5.55. The van der Waals surface area contributed by atoms with Gasteiger partial charge in [-0.05, 0) is 59.2 Å². The number of fused-ring (bicyclic) bond motifs is 1. The molecule has 5 rings (SSSR count). The van der Waals surface area contributed by atoms with Crippen molar-refractivity contribution in [1.82, 2.24) is 15.0 Å². The molecule has 0 fully saturated rings. The lowest BCUT2D eigenvalue weighted by Crippen LogP contribution is -1.99. The summed E-state index contributed by atoms with van der Waals surface area (Å²) in [6, 6.07) is 27.8. The zero-order valence-corrected chi connectivity index (χ0v) is 18.1. The summed E-state index contributed by atoms with van der Waals surface area (Å²) in [6.07, 6.45) is 1.44. The molecule has 0 aliphatic rings. The maximum Gasteiger partial charge on any atom is 0.165 e. The lowest BCUT2D eigenvalue weighted by Gasteiger charge is -2.12. The van der Waals surface area contributed by atoms with Gasteiger partial charge in [0.2, 0.25) is 0 Å². The summed E-state index contributed by atoms with van der Waals surface area (Å²) in [6.45, 7) is 0.515. The topological polar surface area (TPSA) is 83.2 Å². The van der Waals surface area contributed by atoms with E-state index in [0.29, 0.717) is 18.1 Å². The van der Waals surface area contributed by atoms with Gasteiger partial charge in [-0.15, -0.1) is 0 Å². The number of benzene rings is 3. The number of nitrogens with two attached hydrogens (primary N) is 1. The maximum absolute atomic E-state index is 6.23. The number of methoxy groups -OCH3 is 1. The summed E-state index contributed by atoms with van der Waals surface area (Å²) in [7, 11) is 1.65. The van der Waals surface area contributed by atoms with Gasteiger partial charge in [-0.1, -0.05) is 42.5 Å². The smallest absolute Gasteiger partial charge is 0.165 e. The van der Waals surface area contributed by atoms with E-state index in [-0.39, 0.29) is 0 Å². The van der Waals surface area contributed by atoms with Crippen LogP contribution in [0.15, 0.2) is 91.3 Å². The second kappa shape index (κ2) is 8.96. The molecule has 0 amide bonds. The molecule has 33 heavy (non-hydrogen) atoms. The van der Waals surface area contributed by atoms with Gasteiger partial charge < -0.3 is 15.2 Å². The number of aromatic nitrogens is 3.